The van der Waals surface area contributed by atoms with Crippen molar-refractivity contribution in [1.29, 1.82) is 0 Å². The Balaban J connectivity index is 2.29. The number of likely N-dealkylation sites (N-methyl/N-ethyl adjacent to an activating group) is 1. The van der Waals surface area contributed by atoms with E-state index in [-0.39, 0.29) is 18.9 Å². The van der Waals surface area contributed by atoms with Crippen LogP contribution >= 0.6 is 0 Å². The first-order valence-electron chi connectivity index (χ1n) is 5.35. The fourth-order valence-corrected chi connectivity index (χ4v) is 1.24. The van der Waals surface area contributed by atoms with E-state index in [0.717, 1.165) is 0 Å². The lowest BCUT2D eigenvalue weighted by Gasteiger charge is -2.15. The van der Waals surface area contributed by atoms with Gasteiger partial charge in [-0.05, 0) is 6.92 Å². The highest BCUT2D eigenvalue weighted by Crippen LogP contribution is 1.95. The molecule has 94 valence electrons. The molecule has 0 atom stereocenters. The van der Waals surface area contributed by atoms with Crippen LogP contribution < -0.4 is 0 Å². The van der Waals surface area contributed by atoms with Crippen molar-refractivity contribution in [2.75, 3.05) is 20.2 Å². The highest BCUT2D eigenvalue weighted by molar-refractivity contribution is 5.81. The van der Waals surface area contributed by atoms with Crippen LogP contribution in [0.3, 0.4) is 0 Å². The number of rotatable bonds is 6. The predicted octanol–water partition coefficient (Wildman–Crippen LogP) is -0.310. The lowest BCUT2D eigenvalue weighted by atomic mass is 10.3. The molecular formula is C10H16N4O3. The van der Waals surface area contributed by atoms with Gasteiger partial charge in [0, 0.05) is 13.5 Å². The number of esters is 1. The van der Waals surface area contributed by atoms with E-state index in [1.807, 2.05) is 0 Å². The quantitative estimate of drug-likeness (QED) is 0.637. The Bertz CT molecular complexity index is 364. The summed E-state index contributed by atoms with van der Waals surface area (Å²) >= 11 is 0. The molecule has 17 heavy (non-hydrogen) atoms. The van der Waals surface area contributed by atoms with Crippen molar-refractivity contribution in [3.63, 3.8) is 0 Å². The number of aromatic nitrogens is 3. The van der Waals surface area contributed by atoms with Crippen molar-refractivity contribution >= 4 is 11.9 Å². The number of nitrogens with zero attached hydrogens (tertiary/aromatic N) is 4. The summed E-state index contributed by atoms with van der Waals surface area (Å²) in [4.78, 5) is 27.9. The monoisotopic (exact) mass is 240 g/mol. The van der Waals surface area contributed by atoms with Crippen molar-refractivity contribution in [2.45, 2.75) is 19.9 Å². The largest absolute Gasteiger partial charge is 0.465 e. The van der Waals surface area contributed by atoms with Gasteiger partial charge in [-0.3, -0.25) is 14.3 Å². The first-order chi connectivity index (χ1) is 8.13. The van der Waals surface area contributed by atoms with Crippen molar-refractivity contribution in [1.82, 2.24) is 19.7 Å². The zero-order valence-corrected chi connectivity index (χ0v) is 10.00. The van der Waals surface area contributed by atoms with Gasteiger partial charge in [-0.15, -0.1) is 0 Å². The van der Waals surface area contributed by atoms with E-state index in [1.54, 1.807) is 25.0 Å². The van der Waals surface area contributed by atoms with Gasteiger partial charge in [-0.1, -0.05) is 0 Å². The molecule has 0 bridgehead atoms. The van der Waals surface area contributed by atoms with Crippen LogP contribution in [0.4, 0.5) is 0 Å². The topological polar surface area (TPSA) is 77.3 Å². The molecule has 0 unspecified atom stereocenters. The molecule has 1 rings (SSSR count). The Kier molecular flexibility index (Phi) is 5.12. The number of hydrogen-bond donors (Lipinski definition) is 0. The van der Waals surface area contributed by atoms with E-state index < -0.39 is 5.97 Å². The molecule has 7 heteroatoms. The number of carbonyl (C=O) groups excluding carboxylic acids is 2. The summed E-state index contributed by atoms with van der Waals surface area (Å²) in [5, 5.41) is 3.88. The molecule has 0 saturated carbocycles. The van der Waals surface area contributed by atoms with Gasteiger partial charge in [0.05, 0.1) is 13.2 Å². The van der Waals surface area contributed by atoms with Crippen LogP contribution in [0.15, 0.2) is 12.7 Å². The molecule has 1 aromatic rings. The van der Waals surface area contributed by atoms with Crippen LogP contribution in [0.25, 0.3) is 0 Å². The van der Waals surface area contributed by atoms with E-state index in [1.165, 1.54) is 11.2 Å². The zero-order chi connectivity index (χ0) is 12.7. The van der Waals surface area contributed by atoms with Crippen LogP contribution in [0.1, 0.15) is 13.3 Å². The minimum atomic E-state index is -0.399. The predicted molar refractivity (Wildman–Crippen MR) is 58.9 cm³/mol. The van der Waals surface area contributed by atoms with Crippen molar-refractivity contribution < 1.29 is 14.3 Å². The van der Waals surface area contributed by atoms with Crippen molar-refractivity contribution in [3.05, 3.63) is 12.7 Å². The van der Waals surface area contributed by atoms with Gasteiger partial charge in [-0.2, -0.15) is 5.10 Å². The van der Waals surface area contributed by atoms with Gasteiger partial charge >= 0.3 is 5.97 Å². The van der Waals surface area contributed by atoms with Crippen LogP contribution in [0, 0.1) is 0 Å². The number of carbonyl (C=O) groups is 2. The van der Waals surface area contributed by atoms with E-state index in [9.17, 15) is 9.59 Å². The lowest BCUT2D eigenvalue weighted by molar-refractivity contribution is -0.148. The summed E-state index contributed by atoms with van der Waals surface area (Å²) in [5.41, 5.74) is 0. The summed E-state index contributed by atoms with van der Waals surface area (Å²) in [7, 11) is 1.57. The molecule has 1 aromatic heterocycles. The molecule has 0 aliphatic heterocycles. The van der Waals surface area contributed by atoms with Gasteiger partial charge in [0.1, 0.15) is 19.2 Å². The Morgan fingerprint density at radius 1 is 1.47 bits per heavy atom. The first kappa shape index (κ1) is 13.1. The fraction of sp³-hybridized carbons (Fsp3) is 0.600. The second-order valence-corrected chi connectivity index (χ2v) is 3.46. The van der Waals surface area contributed by atoms with Crippen molar-refractivity contribution in [3.8, 4) is 0 Å². The molecule has 0 N–H and O–H groups in total. The molecule has 0 fully saturated rings. The third-order valence-electron chi connectivity index (χ3n) is 2.12. The van der Waals surface area contributed by atoms with Gasteiger partial charge < -0.3 is 9.64 Å². The molecule has 0 aliphatic rings. The molecule has 0 spiro atoms. The third-order valence-corrected chi connectivity index (χ3v) is 2.12. The zero-order valence-electron chi connectivity index (χ0n) is 10.00. The molecule has 0 aromatic carbocycles. The third kappa shape index (κ3) is 4.62. The minimum absolute atomic E-state index is 0.0238. The van der Waals surface area contributed by atoms with Gasteiger partial charge in [0.2, 0.25) is 5.91 Å². The van der Waals surface area contributed by atoms with Crippen LogP contribution in [0.5, 0.6) is 0 Å². The second-order valence-electron chi connectivity index (χ2n) is 3.46. The maximum Gasteiger partial charge on any atom is 0.325 e. The summed E-state index contributed by atoms with van der Waals surface area (Å²) in [5.74, 6) is -0.530. The molecule has 0 saturated heterocycles. The van der Waals surface area contributed by atoms with Crippen LogP contribution in [-0.2, 0) is 20.9 Å². The van der Waals surface area contributed by atoms with Crippen LogP contribution in [0.2, 0.25) is 0 Å². The normalized spacial score (nSPS) is 10.0. The standard InChI is InChI=1S/C10H16N4O3/c1-3-17-10(16)6-13(2)9(15)4-5-14-8-11-7-12-14/h7-8H,3-6H2,1-2H3. The highest BCUT2D eigenvalue weighted by Gasteiger charge is 2.13. The molecule has 0 aliphatic carbocycles. The summed E-state index contributed by atoms with van der Waals surface area (Å²) in [6, 6.07) is 0. The maximum absolute atomic E-state index is 11.6. The average molecular weight is 240 g/mol. The van der Waals surface area contributed by atoms with Gasteiger partial charge in [-0.25, -0.2) is 4.98 Å². The maximum atomic E-state index is 11.6. The number of ether oxygens (including phenoxy) is 1. The Morgan fingerprint density at radius 2 is 2.24 bits per heavy atom. The summed E-state index contributed by atoms with van der Waals surface area (Å²) in [6.45, 7) is 2.47. The SMILES string of the molecule is CCOC(=O)CN(C)C(=O)CCn1cncn1. The molecule has 0 radical (unpaired) electrons. The van der Waals surface area contributed by atoms with E-state index >= 15 is 0 Å². The summed E-state index contributed by atoms with van der Waals surface area (Å²) < 4.78 is 6.32. The average Bonchev–Trinajstić information content (AvgIpc) is 2.78. The smallest absolute Gasteiger partial charge is 0.325 e. The van der Waals surface area contributed by atoms with E-state index in [2.05, 4.69) is 10.1 Å². The summed E-state index contributed by atoms with van der Waals surface area (Å²) in [6.07, 6.45) is 3.23. The van der Waals surface area contributed by atoms with E-state index in [0.29, 0.717) is 13.2 Å². The second kappa shape index (κ2) is 6.62. The minimum Gasteiger partial charge on any atom is -0.465 e. The van der Waals surface area contributed by atoms with Gasteiger partial charge in [0.25, 0.3) is 0 Å². The number of aryl methyl sites for hydroxylation is 1. The molecule has 1 amide bonds. The number of amides is 1. The lowest BCUT2D eigenvalue weighted by Crippen LogP contribution is -2.33. The first-order valence-corrected chi connectivity index (χ1v) is 5.35. The molecular weight excluding hydrogens is 224 g/mol. The van der Waals surface area contributed by atoms with Crippen molar-refractivity contribution in [2.24, 2.45) is 0 Å². The van der Waals surface area contributed by atoms with E-state index in [4.69, 9.17) is 4.74 Å². The molecule has 7 nitrogen and oxygen atoms in total. The van der Waals surface area contributed by atoms with Gasteiger partial charge in [0.15, 0.2) is 0 Å². The highest BCUT2D eigenvalue weighted by atomic mass is 16.5. The fourth-order valence-electron chi connectivity index (χ4n) is 1.24. The Hall–Kier alpha value is -1.92. The van der Waals surface area contributed by atoms with Crippen LogP contribution in [-0.4, -0.2) is 51.7 Å². The number of hydrogen-bond acceptors (Lipinski definition) is 5. The Labute approximate surface area is 99.4 Å². The molecule has 1 heterocycles. The Morgan fingerprint density at radius 3 is 2.82 bits per heavy atom.